The maximum Gasteiger partial charge on any atom is 0.404 e. The monoisotopic (exact) mass is 623 g/mol. The number of alkyl halides is 3. The second-order valence-corrected chi connectivity index (χ2v) is 14.4. The minimum atomic E-state index is -4.91. The zero-order valence-corrected chi connectivity index (χ0v) is 25.3. The first-order valence-corrected chi connectivity index (χ1v) is 15.7. The summed E-state index contributed by atoms with van der Waals surface area (Å²) in [5.41, 5.74) is -3.70. The summed E-state index contributed by atoms with van der Waals surface area (Å²) < 4.78 is 83.0. The summed E-state index contributed by atoms with van der Waals surface area (Å²) in [7, 11) is -4.91. The molecule has 4 N–H and O–H groups in total. The van der Waals surface area contributed by atoms with Gasteiger partial charge in [-0.2, -0.15) is 17.9 Å². The maximum atomic E-state index is 16.3. The zero-order chi connectivity index (χ0) is 31.0. The van der Waals surface area contributed by atoms with Crippen LogP contribution in [0, 0.1) is 11.7 Å². The van der Waals surface area contributed by atoms with Gasteiger partial charge in [0.2, 0.25) is 10.0 Å². The van der Waals surface area contributed by atoms with Crippen molar-refractivity contribution in [3.63, 3.8) is 0 Å². The van der Waals surface area contributed by atoms with Gasteiger partial charge in [-0.1, -0.05) is 32.1 Å². The molecule has 2 aromatic rings. The van der Waals surface area contributed by atoms with Gasteiger partial charge in [-0.25, -0.2) is 17.8 Å². The van der Waals surface area contributed by atoms with E-state index in [2.05, 4.69) is 10.3 Å². The number of hydrogen-bond acceptors (Lipinski definition) is 7. The molecule has 1 unspecified atom stereocenters. The number of amides is 1. The van der Waals surface area contributed by atoms with Crippen LogP contribution in [0.2, 0.25) is 0 Å². The van der Waals surface area contributed by atoms with Crippen LogP contribution in [-0.2, 0) is 22.0 Å². The molecule has 41 heavy (non-hydrogen) atoms. The van der Waals surface area contributed by atoms with Crippen LogP contribution < -0.4 is 10.0 Å². The second kappa shape index (κ2) is 12.2. The summed E-state index contributed by atoms with van der Waals surface area (Å²) >= 11 is 0.880. The molecule has 0 aliphatic heterocycles. The molecule has 1 aliphatic carbocycles. The molecule has 0 spiro atoms. The fraction of sp³-hybridized carbons (Fsp3) is 0.630. The largest absolute Gasteiger partial charge is 0.404 e. The van der Waals surface area contributed by atoms with Crippen LogP contribution in [0.1, 0.15) is 87.8 Å². The summed E-state index contributed by atoms with van der Waals surface area (Å²) in [6, 6.07) is -0.387. The first-order valence-electron chi connectivity index (χ1n) is 13.4. The van der Waals surface area contributed by atoms with Gasteiger partial charge in [0.25, 0.3) is 5.91 Å². The van der Waals surface area contributed by atoms with E-state index in [0.717, 1.165) is 69.4 Å². The highest BCUT2D eigenvalue weighted by Crippen LogP contribution is 2.41. The highest BCUT2D eigenvalue weighted by molar-refractivity contribution is 7.89. The third kappa shape index (κ3) is 8.46. The Hall–Kier alpha value is -2.13. The van der Waals surface area contributed by atoms with Crippen LogP contribution in [0.15, 0.2) is 17.0 Å². The lowest BCUT2D eigenvalue weighted by Gasteiger charge is -2.25. The van der Waals surface area contributed by atoms with E-state index in [4.69, 9.17) is 0 Å². The number of halogens is 4. The number of benzene rings is 1. The molecule has 1 heterocycles. The molecule has 0 radical (unpaired) electrons. The number of sulfonamides is 1. The van der Waals surface area contributed by atoms with E-state index in [0.29, 0.717) is 19.0 Å². The van der Waals surface area contributed by atoms with Crippen LogP contribution in [0.5, 0.6) is 0 Å². The number of rotatable bonds is 10. The van der Waals surface area contributed by atoms with Crippen molar-refractivity contribution in [2.24, 2.45) is 5.92 Å². The van der Waals surface area contributed by atoms with Gasteiger partial charge in [0.05, 0.1) is 26.7 Å². The van der Waals surface area contributed by atoms with E-state index in [1.165, 1.54) is 18.6 Å². The van der Waals surface area contributed by atoms with Crippen LogP contribution >= 0.6 is 11.3 Å². The molecule has 1 fully saturated rings. The molecule has 1 aromatic heterocycles. The van der Waals surface area contributed by atoms with Crippen molar-refractivity contribution in [3.8, 4) is 10.4 Å². The Morgan fingerprint density at radius 2 is 1.73 bits per heavy atom. The number of nitrogens with zero attached hydrogens (tertiary/aromatic N) is 1. The highest BCUT2D eigenvalue weighted by atomic mass is 32.2. The van der Waals surface area contributed by atoms with Gasteiger partial charge >= 0.3 is 6.18 Å². The van der Waals surface area contributed by atoms with Crippen molar-refractivity contribution in [1.29, 1.82) is 0 Å². The van der Waals surface area contributed by atoms with Crippen LogP contribution in [0.3, 0.4) is 0 Å². The van der Waals surface area contributed by atoms with E-state index >= 15 is 4.39 Å². The van der Waals surface area contributed by atoms with E-state index < -0.39 is 55.6 Å². The summed E-state index contributed by atoms with van der Waals surface area (Å²) in [5, 5.41) is 23.4. The molecule has 8 nitrogen and oxygen atoms in total. The van der Waals surface area contributed by atoms with Crippen LogP contribution in [-0.4, -0.2) is 53.9 Å². The Balaban J connectivity index is 2.14. The molecule has 230 valence electrons. The standard InChI is InChI=1S/C27H37F4N3O5S2/c1-15(27(29,30)31)34-41(38,39)19-12-11-17(21(28)20(19)26(4,5)37)22-18(13-16-9-7-6-8-10-16)33-24(40-22)23(35)32-14-25(2,3)36/h11-12,15-16,34,36-37H,6-10,13-14H2,1-5H3,(H,32,35). The summed E-state index contributed by atoms with van der Waals surface area (Å²) in [6.45, 7) is 5.85. The highest BCUT2D eigenvalue weighted by Gasteiger charge is 2.41. The number of hydrogen-bond donors (Lipinski definition) is 4. The predicted octanol–water partition coefficient (Wildman–Crippen LogP) is 5.03. The van der Waals surface area contributed by atoms with Crippen LogP contribution in [0.4, 0.5) is 17.6 Å². The number of nitrogens with one attached hydrogen (secondary N) is 2. The summed E-state index contributed by atoms with van der Waals surface area (Å²) in [4.78, 5) is 16.8. The lowest BCUT2D eigenvalue weighted by atomic mass is 9.85. The molecule has 14 heteroatoms. The number of carbonyl (C=O) groups is 1. The SMILES string of the molecule is CC(NS(=O)(=O)c1ccc(-c2sc(C(=O)NCC(C)(C)O)nc2CC2CCCCC2)c(F)c1C(C)(C)O)C(F)(F)F. The Kier molecular flexibility index (Phi) is 9.96. The molecule has 3 rings (SSSR count). The average molecular weight is 624 g/mol. The predicted molar refractivity (Wildman–Crippen MR) is 148 cm³/mol. The average Bonchev–Trinajstić information content (AvgIpc) is 3.24. The summed E-state index contributed by atoms with van der Waals surface area (Å²) in [6.07, 6.45) is 0.549. The van der Waals surface area contributed by atoms with Crippen molar-refractivity contribution >= 4 is 27.3 Å². The Bertz CT molecular complexity index is 1360. The number of aromatic nitrogens is 1. The fourth-order valence-corrected chi connectivity index (χ4v) is 7.34. The van der Waals surface area contributed by atoms with Crippen molar-refractivity contribution in [2.45, 2.75) is 101 Å². The molecule has 1 atom stereocenters. The van der Waals surface area contributed by atoms with Gasteiger partial charge in [-0.3, -0.25) is 4.79 Å². The van der Waals surface area contributed by atoms with Gasteiger partial charge < -0.3 is 15.5 Å². The van der Waals surface area contributed by atoms with Gasteiger partial charge in [-0.15, -0.1) is 11.3 Å². The fourth-order valence-electron chi connectivity index (χ4n) is 4.73. The molecule has 0 bridgehead atoms. The van der Waals surface area contributed by atoms with E-state index in [1.807, 2.05) is 0 Å². The van der Waals surface area contributed by atoms with Gasteiger partial charge in [0.1, 0.15) is 11.9 Å². The molecule has 1 aliphatic rings. The summed E-state index contributed by atoms with van der Waals surface area (Å²) in [5.74, 6) is -1.49. The molecule has 1 aromatic carbocycles. The second-order valence-electron chi connectivity index (χ2n) is 11.7. The smallest absolute Gasteiger partial charge is 0.389 e. The molecular formula is C27H37F4N3O5S2. The van der Waals surface area contributed by atoms with Crippen molar-refractivity contribution in [3.05, 3.63) is 34.2 Å². The first-order chi connectivity index (χ1) is 18.7. The van der Waals surface area contributed by atoms with Crippen LogP contribution in [0.25, 0.3) is 10.4 Å². The maximum absolute atomic E-state index is 16.3. The van der Waals surface area contributed by atoms with Gasteiger partial charge in [0, 0.05) is 17.7 Å². The third-order valence-corrected chi connectivity index (χ3v) is 9.57. The van der Waals surface area contributed by atoms with Crippen molar-refractivity contribution in [2.75, 3.05) is 6.54 Å². The zero-order valence-electron chi connectivity index (χ0n) is 23.7. The lowest BCUT2D eigenvalue weighted by Crippen LogP contribution is -2.43. The quantitative estimate of drug-likeness (QED) is 0.275. The lowest BCUT2D eigenvalue weighted by molar-refractivity contribution is -0.147. The molecule has 1 saturated carbocycles. The number of carbonyl (C=O) groups excluding carboxylic acids is 1. The minimum Gasteiger partial charge on any atom is -0.389 e. The van der Waals surface area contributed by atoms with Gasteiger partial charge in [-0.05, 0) is 59.1 Å². The minimum absolute atomic E-state index is 0.0108. The van der Waals surface area contributed by atoms with Gasteiger partial charge in [0.15, 0.2) is 5.01 Å². The molecule has 0 saturated heterocycles. The number of aliphatic hydroxyl groups is 2. The van der Waals surface area contributed by atoms with Crippen molar-refractivity contribution < 1.29 is 41.0 Å². The Morgan fingerprint density at radius 3 is 2.27 bits per heavy atom. The van der Waals surface area contributed by atoms with E-state index in [1.54, 1.807) is 0 Å². The Labute approximate surface area is 241 Å². The normalized spacial score (nSPS) is 16.6. The molecular weight excluding hydrogens is 586 g/mol. The Morgan fingerprint density at radius 1 is 1.12 bits per heavy atom. The van der Waals surface area contributed by atoms with E-state index in [-0.39, 0.29) is 27.9 Å². The van der Waals surface area contributed by atoms with E-state index in [9.17, 15) is 36.6 Å². The number of thiazole rings is 1. The van der Waals surface area contributed by atoms with Crippen molar-refractivity contribution in [1.82, 2.24) is 15.0 Å². The molecule has 1 amide bonds. The topological polar surface area (TPSA) is 129 Å². The first kappa shape index (κ1) is 33.4. The third-order valence-electron chi connectivity index (χ3n) is 6.85.